The van der Waals surface area contributed by atoms with Gasteiger partial charge in [0.15, 0.2) is 6.10 Å². The van der Waals surface area contributed by atoms with Gasteiger partial charge in [-0.1, -0.05) is 317 Å². The zero-order valence-corrected chi connectivity index (χ0v) is 53.5. The van der Waals surface area contributed by atoms with Gasteiger partial charge in [-0.15, -0.1) is 0 Å². The lowest BCUT2D eigenvalue weighted by Crippen LogP contribution is -2.30. The highest BCUT2D eigenvalue weighted by atomic mass is 16.6. The van der Waals surface area contributed by atoms with E-state index in [1.54, 1.807) is 0 Å². The zero-order chi connectivity index (χ0) is 58.5. The lowest BCUT2D eigenvalue weighted by Gasteiger charge is -2.18. The zero-order valence-electron chi connectivity index (χ0n) is 53.5. The summed E-state index contributed by atoms with van der Waals surface area (Å²) in [5, 5.41) is 0. The van der Waals surface area contributed by atoms with E-state index in [9.17, 15) is 14.4 Å². The van der Waals surface area contributed by atoms with Gasteiger partial charge in [0.2, 0.25) is 0 Å². The summed E-state index contributed by atoms with van der Waals surface area (Å²) in [5.74, 6) is -0.881. The highest BCUT2D eigenvalue weighted by Crippen LogP contribution is 2.17. The van der Waals surface area contributed by atoms with Crippen LogP contribution in [0, 0.1) is 0 Å². The van der Waals surface area contributed by atoms with E-state index >= 15 is 0 Å². The van der Waals surface area contributed by atoms with Crippen LogP contribution in [0.25, 0.3) is 0 Å². The molecule has 0 aliphatic rings. The maximum absolute atomic E-state index is 12.9. The Labute approximate surface area is 502 Å². The highest BCUT2D eigenvalue weighted by molar-refractivity contribution is 5.71. The van der Waals surface area contributed by atoms with Crippen molar-refractivity contribution in [3.63, 3.8) is 0 Å². The minimum Gasteiger partial charge on any atom is -0.462 e. The van der Waals surface area contributed by atoms with Crippen LogP contribution >= 0.6 is 0 Å². The average Bonchev–Trinajstić information content (AvgIpc) is 3.47. The van der Waals surface area contributed by atoms with Gasteiger partial charge >= 0.3 is 17.9 Å². The van der Waals surface area contributed by atoms with Crippen molar-refractivity contribution in [1.29, 1.82) is 0 Å². The molecule has 0 rings (SSSR count). The van der Waals surface area contributed by atoms with Crippen LogP contribution in [-0.4, -0.2) is 37.2 Å². The van der Waals surface area contributed by atoms with Gasteiger partial charge in [-0.3, -0.25) is 14.4 Å². The van der Waals surface area contributed by atoms with Gasteiger partial charge in [0.05, 0.1) is 0 Å². The molecule has 0 N–H and O–H groups in total. The molecule has 1 unspecified atom stereocenters. The number of unbranched alkanes of at least 4 members (excludes halogenated alkanes) is 36. The summed E-state index contributed by atoms with van der Waals surface area (Å²) >= 11 is 0. The minimum absolute atomic E-state index is 0.0804. The Morgan fingerprint density at radius 3 is 0.753 bits per heavy atom. The molecule has 0 saturated carbocycles. The average molecular weight is 1130 g/mol. The first-order valence-corrected chi connectivity index (χ1v) is 34.7. The van der Waals surface area contributed by atoms with Gasteiger partial charge in [-0.05, 0) is 103 Å². The molecule has 0 aromatic heterocycles. The van der Waals surface area contributed by atoms with E-state index in [0.717, 1.165) is 116 Å². The second-order valence-electron chi connectivity index (χ2n) is 23.1. The molecule has 0 aliphatic carbocycles. The Balaban J connectivity index is 4.26. The second kappa shape index (κ2) is 68.8. The molecular formula is C75H130O6. The third kappa shape index (κ3) is 67.0. The first-order valence-electron chi connectivity index (χ1n) is 34.7. The van der Waals surface area contributed by atoms with Gasteiger partial charge in [0.25, 0.3) is 0 Å². The molecule has 0 aliphatic heterocycles. The number of rotatable bonds is 63. The van der Waals surface area contributed by atoms with Gasteiger partial charge in [-0.2, -0.15) is 0 Å². The van der Waals surface area contributed by atoms with Crippen LogP contribution in [-0.2, 0) is 28.6 Å². The lowest BCUT2D eigenvalue weighted by molar-refractivity contribution is -0.167. The number of allylic oxidation sites excluding steroid dienone is 16. The largest absolute Gasteiger partial charge is 0.462 e. The lowest BCUT2D eigenvalue weighted by atomic mass is 10.0. The molecule has 466 valence electrons. The number of esters is 3. The molecule has 6 heteroatoms. The monoisotopic (exact) mass is 1130 g/mol. The second-order valence-corrected chi connectivity index (χ2v) is 23.1. The molecule has 6 nitrogen and oxygen atoms in total. The first-order chi connectivity index (χ1) is 40.0. The van der Waals surface area contributed by atoms with Crippen LogP contribution in [0.2, 0.25) is 0 Å². The van der Waals surface area contributed by atoms with E-state index in [1.165, 1.54) is 186 Å². The van der Waals surface area contributed by atoms with Crippen molar-refractivity contribution >= 4 is 17.9 Å². The van der Waals surface area contributed by atoms with Crippen molar-refractivity contribution in [2.75, 3.05) is 13.2 Å². The quantitative estimate of drug-likeness (QED) is 0.0261. The van der Waals surface area contributed by atoms with E-state index in [0.29, 0.717) is 19.3 Å². The fourth-order valence-corrected chi connectivity index (χ4v) is 9.89. The van der Waals surface area contributed by atoms with Gasteiger partial charge in [0.1, 0.15) is 13.2 Å². The van der Waals surface area contributed by atoms with Crippen LogP contribution in [0.4, 0.5) is 0 Å². The predicted octanol–water partition coefficient (Wildman–Crippen LogP) is 24.0. The summed E-state index contributed by atoms with van der Waals surface area (Å²) in [6, 6.07) is 0. The molecule has 0 aromatic carbocycles. The van der Waals surface area contributed by atoms with Gasteiger partial charge in [0, 0.05) is 19.3 Å². The van der Waals surface area contributed by atoms with E-state index in [4.69, 9.17) is 14.2 Å². The molecule has 0 radical (unpaired) electrons. The van der Waals surface area contributed by atoms with Crippen LogP contribution in [0.5, 0.6) is 0 Å². The Hall–Kier alpha value is -3.67. The van der Waals surface area contributed by atoms with Crippen LogP contribution in [0.1, 0.15) is 342 Å². The van der Waals surface area contributed by atoms with E-state index in [-0.39, 0.29) is 31.1 Å². The van der Waals surface area contributed by atoms with Crippen molar-refractivity contribution < 1.29 is 28.6 Å². The molecule has 1 atom stereocenters. The maximum atomic E-state index is 12.9. The number of hydrogen-bond donors (Lipinski definition) is 0. The number of carbonyl (C=O) groups is 3. The summed E-state index contributed by atoms with van der Waals surface area (Å²) < 4.78 is 16.9. The molecule has 0 aromatic rings. The molecular weight excluding hydrogens is 997 g/mol. The number of ether oxygens (including phenoxy) is 3. The van der Waals surface area contributed by atoms with Gasteiger partial charge < -0.3 is 14.2 Å². The Bertz CT molecular complexity index is 1580. The third-order valence-electron chi connectivity index (χ3n) is 15.1. The molecule has 0 fully saturated rings. The smallest absolute Gasteiger partial charge is 0.306 e. The van der Waals surface area contributed by atoms with Crippen molar-refractivity contribution in [3.8, 4) is 0 Å². The molecule has 0 saturated heterocycles. The molecule has 0 spiro atoms. The summed E-state index contributed by atoms with van der Waals surface area (Å²) in [6.45, 7) is 6.53. The highest BCUT2D eigenvalue weighted by Gasteiger charge is 2.19. The molecule has 0 heterocycles. The van der Waals surface area contributed by atoms with E-state index < -0.39 is 6.10 Å². The van der Waals surface area contributed by atoms with E-state index in [2.05, 4.69) is 118 Å². The standard InChI is InChI=1S/C75H130O6/c1-4-7-10-13-16-19-22-24-26-28-30-32-34-36-37-39-40-42-44-46-48-50-53-56-59-62-65-68-74(77)80-71-72(70-79-73(76)67-64-61-58-55-52-21-18-15-12-9-6-3)81-75(78)69-66-63-60-57-54-51-49-47-45-43-41-38-35-33-31-29-27-25-23-20-17-14-11-8-5-2/h8,11,17,20,22,24-25,27-28,30-31,33,38,41,45,47,72H,4-7,9-10,12-16,18-19,21,23,26,29,32,34-37,39-40,42-44,46,48-71H2,1-3H3/b11-8-,20-17-,24-22-,27-25-,30-28-,33-31-,41-38-,47-45-. The topological polar surface area (TPSA) is 78.9 Å². The van der Waals surface area contributed by atoms with Crippen LogP contribution in [0.3, 0.4) is 0 Å². The SMILES string of the molecule is CC/C=C\C/C=C\C/C=C\C/C=C\C/C=C\C/C=C\CCCCCCCCC(=O)OC(COC(=O)CCCCCCCCCCCCC)COC(=O)CCCCCCCCCCCCCCCCC/C=C\C/C=C\CCCCCCC. The van der Waals surface area contributed by atoms with Crippen molar-refractivity contribution in [1.82, 2.24) is 0 Å². The number of hydrogen-bond acceptors (Lipinski definition) is 6. The summed E-state index contributed by atoms with van der Waals surface area (Å²) in [4.78, 5) is 38.4. The van der Waals surface area contributed by atoms with Crippen molar-refractivity contribution in [2.45, 2.75) is 348 Å². The summed E-state index contributed by atoms with van der Waals surface area (Å²) in [5.41, 5.74) is 0. The number of carbonyl (C=O) groups excluding carboxylic acids is 3. The molecule has 0 bridgehead atoms. The first kappa shape index (κ1) is 77.3. The molecule has 0 amide bonds. The summed E-state index contributed by atoms with van der Waals surface area (Å²) in [7, 11) is 0. The van der Waals surface area contributed by atoms with Crippen LogP contribution < -0.4 is 0 Å². The van der Waals surface area contributed by atoms with Crippen LogP contribution in [0.15, 0.2) is 97.2 Å². The van der Waals surface area contributed by atoms with Crippen molar-refractivity contribution in [3.05, 3.63) is 97.2 Å². The van der Waals surface area contributed by atoms with E-state index in [1.807, 2.05) is 0 Å². The Kier molecular flexibility index (Phi) is 65.7. The summed E-state index contributed by atoms with van der Waals surface area (Å²) in [6.07, 6.45) is 92.9. The Morgan fingerprint density at radius 2 is 0.481 bits per heavy atom. The predicted molar refractivity (Wildman–Crippen MR) is 353 cm³/mol. The fraction of sp³-hybridized carbons (Fsp3) is 0.747. The Morgan fingerprint density at radius 1 is 0.259 bits per heavy atom. The molecule has 81 heavy (non-hydrogen) atoms. The van der Waals surface area contributed by atoms with Crippen molar-refractivity contribution in [2.24, 2.45) is 0 Å². The fourth-order valence-electron chi connectivity index (χ4n) is 9.89. The maximum Gasteiger partial charge on any atom is 0.306 e. The minimum atomic E-state index is -0.785. The normalized spacial score (nSPS) is 12.7. The van der Waals surface area contributed by atoms with Gasteiger partial charge in [-0.25, -0.2) is 0 Å². The third-order valence-corrected chi connectivity index (χ3v) is 15.1.